The molecule has 0 fully saturated rings. The summed E-state index contributed by atoms with van der Waals surface area (Å²) in [5.41, 5.74) is 2.35. The van der Waals surface area contributed by atoms with Crippen LogP contribution in [-0.2, 0) is 4.79 Å². The topological polar surface area (TPSA) is 61.4 Å². The third-order valence-corrected chi connectivity index (χ3v) is 5.28. The maximum Gasteiger partial charge on any atom is 0.326 e. The van der Waals surface area contributed by atoms with E-state index in [9.17, 15) is 14.0 Å². The number of hydrogen-bond donors (Lipinski definition) is 2. The molecule has 0 saturated heterocycles. The van der Waals surface area contributed by atoms with Gasteiger partial charge in [-0.05, 0) is 68.1 Å². The van der Waals surface area contributed by atoms with Crippen LogP contribution in [0.3, 0.4) is 0 Å². The lowest BCUT2D eigenvalue weighted by molar-refractivity contribution is -0.125. The molecule has 0 saturated carbocycles. The van der Waals surface area contributed by atoms with E-state index in [1.54, 1.807) is 17.0 Å². The van der Waals surface area contributed by atoms with Gasteiger partial charge in [0, 0.05) is 30.4 Å². The van der Waals surface area contributed by atoms with Gasteiger partial charge in [-0.25, -0.2) is 9.18 Å². The number of amides is 3. The van der Waals surface area contributed by atoms with Crippen molar-refractivity contribution in [2.75, 3.05) is 23.3 Å². The monoisotopic (exact) mass is 427 g/mol. The lowest BCUT2D eigenvalue weighted by Crippen LogP contribution is -2.38. The van der Waals surface area contributed by atoms with Crippen LogP contribution in [0.5, 0.6) is 0 Å². The van der Waals surface area contributed by atoms with Gasteiger partial charge in [0.2, 0.25) is 5.91 Å². The molecule has 0 aliphatic rings. The molecule has 2 rings (SSSR count). The molecule has 0 radical (unpaired) electrons. The van der Waals surface area contributed by atoms with E-state index in [1.807, 2.05) is 38.1 Å². The summed E-state index contributed by atoms with van der Waals surface area (Å²) in [6.07, 6.45) is 4.44. The Balaban J connectivity index is 1.98. The predicted octanol–water partition coefficient (Wildman–Crippen LogP) is 5.90. The van der Waals surface area contributed by atoms with Crippen molar-refractivity contribution in [3.05, 3.63) is 59.9 Å². The third-order valence-electron chi connectivity index (χ3n) is 5.28. The summed E-state index contributed by atoms with van der Waals surface area (Å²) in [5.74, 6) is -0.237. The zero-order valence-electron chi connectivity index (χ0n) is 18.8. The number of carbonyl (C=O) groups is 2. The van der Waals surface area contributed by atoms with Crippen molar-refractivity contribution in [3.8, 4) is 0 Å². The second-order valence-corrected chi connectivity index (χ2v) is 7.82. The molecular formula is C25H34FN3O2. The standard InChI is InChI=1S/C25H34FN3O2/c1-4-6-10-20(5-2)24(30)27-16-8-17-29(23-14-12-21(26)13-15-23)25(31)28-22-11-7-9-19(3)18-22/h7,9,11-15,18,20H,4-6,8,10,16-17H2,1-3H3,(H,27,30)(H,28,31). The highest BCUT2D eigenvalue weighted by molar-refractivity contribution is 6.01. The molecule has 0 spiro atoms. The number of urea groups is 1. The molecule has 0 heterocycles. The molecule has 3 amide bonds. The van der Waals surface area contributed by atoms with Crippen molar-refractivity contribution in [3.63, 3.8) is 0 Å². The zero-order valence-corrected chi connectivity index (χ0v) is 18.8. The second-order valence-electron chi connectivity index (χ2n) is 7.82. The van der Waals surface area contributed by atoms with Crippen molar-refractivity contribution in [1.82, 2.24) is 5.32 Å². The Morgan fingerprint density at radius 2 is 1.81 bits per heavy atom. The van der Waals surface area contributed by atoms with E-state index in [0.717, 1.165) is 31.2 Å². The van der Waals surface area contributed by atoms with Crippen molar-refractivity contribution < 1.29 is 14.0 Å². The van der Waals surface area contributed by atoms with Crippen molar-refractivity contribution in [1.29, 1.82) is 0 Å². The lowest BCUT2D eigenvalue weighted by atomic mass is 9.98. The minimum absolute atomic E-state index is 0.0396. The molecule has 2 aromatic carbocycles. The zero-order chi connectivity index (χ0) is 22.6. The summed E-state index contributed by atoms with van der Waals surface area (Å²) in [6, 6.07) is 13.1. The first-order valence-electron chi connectivity index (χ1n) is 11.1. The average molecular weight is 428 g/mol. The van der Waals surface area contributed by atoms with E-state index in [-0.39, 0.29) is 23.7 Å². The van der Waals surface area contributed by atoms with Crippen LogP contribution in [0.1, 0.15) is 51.5 Å². The molecule has 0 aromatic heterocycles. The van der Waals surface area contributed by atoms with Gasteiger partial charge in [0.1, 0.15) is 5.82 Å². The molecule has 2 aromatic rings. The van der Waals surface area contributed by atoms with Gasteiger partial charge in [0.25, 0.3) is 0 Å². The first-order valence-corrected chi connectivity index (χ1v) is 11.1. The molecule has 0 aliphatic heterocycles. The molecular weight excluding hydrogens is 393 g/mol. The minimum atomic E-state index is -0.354. The fraction of sp³-hybridized carbons (Fsp3) is 0.440. The number of benzene rings is 2. The van der Waals surface area contributed by atoms with Crippen molar-refractivity contribution in [2.24, 2.45) is 5.92 Å². The van der Waals surface area contributed by atoms with Crippen molar-refractivity contribution in [2.45, 2.75) is 52.9 Å². The minimum Gasteiger partial charge on any atom is -0.356 e. The number of nitrogens with zero attached hydrogens (tertiary/aromatic N) is 1. The Labute approximate surface area is 185 Å². The largest absolute Gasteiger partial charge is 0.356 e. The summed E-state index contributed by atoms with van der Waals surface area (Å²) in [5, 5.41) is 5.90. The summed E-state index contributed by atoms with van der Waals surface area (Å²) in [6.45, 7) is 6.99. The Kier molecular flexibility index (Phi) is 10.0. The van der Waals surface area contributed by atoms with E-state index in [1.165, 1.54) is 12.1 Å². The number of unbranched alkanes of at least 4 members (excludes halogenated alkanes) is 1. The molecule has 1 atom stereocenters. The number of anilines is 2. The van der Waals surface area contributed by atoms with E-state index in [0.29, 0.717) is 30.9 Å². The van der Waals surface area contributed by atoms with Crippen LogP contribution < -0.4 is 15.5 Å². The lowest BCUT2D eigenvalue weighted by Gasteiger charge is -2.24. The Morgan fingerprint density at radius 3 is 2.45 bits per heavy atom. The summed E-state index contributed by atoms with van der Waals surface area (Å²) < 4.78 is 13.4. The predicted molar refractivity (Wildman–Crippen MR) is 125 cm³/mol. The SMILES string of the molecule is CCCCC(CC)C(=O)NCCCN(C(=O)Nc1cccc(C)c1)c1ccc(F)cc1. The van der Waals surface area contributed by atoms with E-state index >= 15 is 0 Å². The first kappa shape index (κ1) is 24.4. The van der Waals surface area contributed by atoms with Crippen LogP contribution in [-0.4, -0.2) is 25.0 Å². The molecule has 31 heavy (non-hydrogen) atoms. The highest BCUT2D eigenvalue weighted by Crippen LogP contribution is 2.18. The number of hydrogen-bond acceptors (Lipinski definition) is 2. The average Bonchev–Trinajstić information content (AvgIpc) is 2.75. The smallest absolute Gasteiger partial charge is 0.326 e. The van der Waals surface area contributed by atoms with Gasteiger partial charge in [-0.1, -0.05) is 38.8 Å². The second kappa shape index (κ2) is 12.7. The quantitative estimate of drug-likeness (QED) is 0.439. The van der Waals surface area contributed by atoms with Gasteiger partial charge < -0.3 is 10.6 Å². The number of aryl methyl sites for hydroxylation is 1. The number of nitrogens with one attached hydrogen (secondary N) is 2. The molecule has 168 valence electrons. The van der Waals surface area contributed by atoms with Gasteiger partial charge in [-0.3, -0.25) is 9.69 Å². The fourth-order valence-corrected chi connectivity index (χ4v) is 3.45. The van der Waals surface area contributed by atoms with Gasteiger partial charge >= 0.3 is 6.03 Å². The van der Waals surface area contributed by atoms with Crippen LogP contribution in [0.2, 0.25) is 0 Å². The van der Waals surface area contributed by atoms with Crippen LogP contribution in [0, 0.1) is 18.7 Å². The van der Waals surface area contributed by atoms with Crippen LogP contribution >= 0.6 is 0 Å². The molecule has 6 heteroatoms. The Bertz CT molecular complexity index is 839. The van der Waals surface area contributed by atoms with E-state index in [2.05, 4.69) is 17.6 Å². The Hall–Kier alpha value is -2.89. The molecule has 1 unspecified atom stereocenters. The Morgan fingerprint density at radius 1 is 1.06 bits per heavy atom. The summed E-state index contributed by atoms with van der Waals surface area (Å²) in [7, 11) is 0. The third kappa shape index (κ3) is 8.04. The van der Waals surface area contributed by atoms with E-state index in [4.69, 9.17) is 0 Å². The van der Waals surface area contributed by atoms with Crippen molar-refractivity contribution >= 4 is 23.3 Å². The maximum atomic E-state index is 13.4. The normalized spacial score (nSPS) is 11.6. The molecule has 0 aliphatic carbocycles. The molecule has 5 nitrogen and oxygen atoms in total. The van der Waals surface area contributed by atoms with Gasteiger partial charge in [-0.15, -0.1) is 0 Å². The van der Waals surface area contributed by atoms with Gasteiger partial charge in [0.05, 0.1) is 0 Å². The molecule has 2 N–H and O–H groups in total. The van der Waals surface area contributed by atoms with Crippen LogP contribution in [0.25, 0.3) is 0 Å². The highest BCUT2D eigenvalue weighted by atomic mass is 19.1. The van der Waals surface area contributed by atoms with E-state index < -0.39 is 0 Å². The van der Waals surface area contributed by atoms with Gasteiger partial charge in [-0.2, -0.15) is 0 Å². The number of halogens is 1. The van der Waals surface area contributed by atoms with Crippen LogP contribution in [0.4, 0.5) is 20.6 Å². The van der Waals surface area contributed by atoms with Gasteiger partial charge in [0.15, 0.2) is 0 Å². The first-order chi connectivity index (χ1) is 14.9. The van der Waals surface area contributed by atoms with Crippen LogP contribution in [0.15, 0.2) is 48.5 Å². The number of rotatable bonds is 11. The summed E-state index contributed by atoms with van der Waals surface area (Å²) in [4.78, 5) is 26.9. The molecule has 0 bridgehead atoms. The fourth-order valence-electron chi connectivity index (χ4n) is 3.45. The highest BCUT2D eigenvalue weighted by Gasteiger charge is 2.18. The summed E-state index contributed by atoms with van der Waals surface area (Å²) >= 11 is 0. The maximum absolute atomic E-state index is 13.4. The number of carbonyl (C=O) groups excluding carboxylic acids is 2.